The smallest absolute Gasteiger partial charge is 0.341 e. The van der Waals surface area contributed by atoms with Gasteiger partial charge in [-0.1, -0.05) is 23.7 Å². The molecule has 0 aliphatic carbocycles. The first-order chi connectivity index (χ1) is 14.2. The molecule has 0 radical (unpaired) electrons. The number of halogens is 1. The zero-order chi connectivity index (χ0) is 22.0. The van der Waals surface area contributed by atoms with Crippen molar-refractivity contribution in [3.63, 3.8) is 0 Å². The lowest BCUT2D eigenvalue weighted by atomic mass is 10.1. The van der Waals surface area contributed by atoms with Crippen molar-refractivity contribution in [3.05, 3.63) is 62.2 Å². The Morgan fingerprint density at radius 3 is 2.50 bits per heavy atom. The zero-order valence-corrected chi connectivity index (χ0v) is 19.8. The van der Waals surface area contributed by atoms with Crippen LogP contribution >= 0.6 is 35.2 Å². The highest BCUT2D eigenvalue weighted by Gasteiger charge is 2.21. The number of benzene rings is 1. The van der Waals surface area contributed by atoms with Gasteiger partial charge in [0.25, 0.3) is 0 Å². The van der Waals surface area contributed by atoms with Crippen molar-refractivity contribution < 1.29 is 9.53 Å². The third-order valence-electron chi connectivity index (χ3n) is 4.87. The SMILES string of the molecule is COC(=O)c1c(NC(=S)Nc2c(C)nn(Cc3ccc(Cl)cc3)c2C)sc(C)c1C. The third kappa shape index (κ3) is 4.66. The molecule has 0 spiro atoms. The molecular weight excluding hydrogens is 440 g/mol. The average Bonchev–Trinajstić information content (AvgIpc) is 3.12. The molecule has 3 aromatic rings. The normalized spacial score (nSPS) is 10.7. The molecule has 158 valence electrons. The van der Waals surface area contributed by atoms with E-state index in [0.717, 1.165) is 33.1 Å². The van der Waals surface area contributed by atoms with Gasteiger partial charge in [-0.3, -0.25) is 4.68 Å². The minimum Gasteiger partial charge on any atom is -0.465 e. The van der Waals surface area contributed by atoms with Crippen LogP contribution in [-0.2, 0) is 11.3 Å². The van der Waals surface area contributed by atoms with Crippen molar-refractivity contribution >= 4 is 56.9 Å². The van der Waals surface area contributed by atoms with Crippen LogP contribution in [-0.4, -0.2) is 28.0 Å². The summed E-state index contributed by atoms with van der Waals surface area (Å²) in [6, 6.07) is 7.69. The fourth-order valence-electron chi connectivity index (χ4n) is 3.11. The van der Waals surface area contributed by atoms with E-state index in [0.29, 0.717) is 27.2 Å². The molecule has 0 bridgehead atoms. The van der Waals surface area contributed by atoms with Crippen LogP contribution in [0.3, 0.4) is 0 Å². The van der Waals surface area contributed by atoms with E-state index in [1.165, 1.54) is 18.4 Å². The monoisotopic (exact) mass is 462 g/mol. The maximum atomic E-state index is 12.2. The number of aryl methyl sites for hydroxylation is 2. The zero-order valence-electron chi connectivity index (χ0n) is 17.4. The fraction of sp³-hybridized carbons (Fsp3) is 0.286. The molecule has 0 unspecified atom stereocenters. The molecule has 0 saturated heterocycles. The van der Waals surface area contributed by atoms with Crippen LogP contribution < -0.4 is 10.6 Å². The number of ether oxygens (including phenoxy) is 1. The van der Waals surface area contributed by atoms with Crippen LogP contribution in [0.1, 0.15) is 37.7 Å². The molecule has 0 saturated carbocycles. The van der Waals surface area contributed by atoms with Crippen molar-refractivity contribution in [1.82, 2.24) is 9.78 Å². The highest BCUT2D eigenvalue weighted by molar-refractivity contribution is 7.80. The molecule has 2 N–H and O–H groups in total. The first-order valence-corrected chi connectivity index (χ1v) is 10.9. The summed E-state index contributed by atoms with van der Waals surface area (Å²) in [5, 5.41) is 12.8. The molecule has 9 heteroatoms. The summed E-state index contributed by atoms with van der Waals surface area (Å²) in [5.41, 5.74) is 5.13. The van der Waals surface area contributed by atoms with Gasteiger partial charge in [0.05, 0.1) is 36.3 Å². The molecule has 0 aliphatic rings. The summed E-state index contributed by atoms with van der Waals surface area (Å²) >= 11 is 12.9. The number of thiophene rings is 1. The Morgan fingerprint density at radius 1 is 1.20 bits per heavy atom. The van der Waals surface area contributed by atoms with E-state index in [9.17, 15) is 4.79 Å². The van der Waals surface area contributed by atoms with Gasteiger partial charge in [-0.25, -0.2) is 4.79 Å². The molecule has 3 rings (SSSR count). The number of carbonyl (C=O) groups is 1. The van der Waals surface area contributed by atoms with Crippen LogP contribution in [0.5, 0.6) is 0 Å². The number of hydrogen-bond acceptors (Lipinski definition) is 5. The summed E-state index contributed by atoms with van der Waals surface area (Å²) in [4.78, 5) is 13.2. The number of methoxy groups -OCH3 is 1. The van der Waals surface area contributed by atoms with E-state index in [4.69, 9.17) is 28.6 Å². The lowest BCUT2D eigenvalue weighted by molar-refractivity contribution is 0.0601. The Balaban J connectivity index is 1.78. The van der Waals surface area contributed by atoms with Crippen molar-refractivity contribution in [3.8, 4) is 0 Å². The number of hydrogen-bond donors (Lipinski definition) is 2. The first kappa shape index (κ1) is 22.3. The predicted molar refractivity (Wildman–Crippen MR) is 127 cm³/mol. The van der Waals surface area contributed by atoms with Gasteiger partial charge < -0.3 is 15.4 Å². The van der Waals surface area contributed by atoms with Gasteiger partial charge in [0, 0.05) is 9.90 Å². The molecule has 2 aromatic heterocycles. The predicted octanol–water partition coefficient (Wildman–Crippen LogP) is 5.48. The Bertz CT molecular complexity index is 1100. The summed E-state index contributed by atoms with van der Waals surface area (Å²) < 4.78 is 6.84. The molecule has 0 fully saturated rings. The number of aromatic nitrogens is 2. The topological polar surface area (TPSA) is 68.2 Å². The Labute approximate surface area is 190 Å². The first-order valence-electron chi connectivity index (χ1n) is 9.26. The van der Waals surface area contributed by atoms with Crippen LogP contribution in [0.25, 0.3) is 0 Å². The number of nitrogens with one attached hydrogen (secondary N) is 2. The molecule has 0 atom stereocenters. The quantitative estimate of drug-likeness (QED) is 0.386. The molecule has 30 heavy (non-hydrogen) atoms. The molecule has 2 heterocycles. The lowest BCUT2D eigenvalue weighted by Gasteiger charge is -2.11. The second kappa shape index (κ2) is 9.16. The number of thiocarbonyl (C=S) groups is 1. The summed E-state index contributed by atoms with van der Waals surface area (Å²) in [6.07, 6.45) is 0. The van der Waals surface area contributed by atoms with Crippen LogP contribution in [0, 0.1) is 27.7 Å². The number of rotatable bonds is 5. The van der Waals surface area contributed by atoms with E-state index in [1.807, 2.05) is 56.6 Å². The van der Waals surface area contributed by atoms with Crippen molar-refractivity contribution in [2.75, 3.05) is 17.7 Å². The second-order valence-electron chi connectivity index (χ2n) is 6.89. The fourth-order valence-corrected chi connectivity index (χ4v) is 4.55. The Hall–Kier alpha value is -2.42. The van der Waals surface area contributed by atoms with Crippen LogP contribution in [0.4, 0.5) is 10.7 Å². The van der Waals surface area contributed by atoms with Gasteiger partial charge in [0.1, 0.15) is 5.00 Å². The van der Waals surface area contributed by atoms with E-state index in [2.05, 4.69) is 15.7 Å². The highest BCUT2D eigenvalue weighted by atomic mass is 35.5. The Kier molecular flexibility index (Phi) is 6.80. The molecule has 0 aliphatic heterocycles. The van der Waals surface area contributed by atoms with Gasteiger partial charge in [0.15, 0.2) is 5.11 Å². The average molecular weight is 463 g/mol. The summed E-state index contributed by atoms with van der Waals surface area (Å²) in [7, 11) is 1.37. The van der Waals surface area contributed by atoms with Crippen LogP contribution in [0.2, 0.25) is 5.02 Å². The molecule has 0 amide bonds. The van der Waals surface area contributed by atoms with Crippen LogP contribution in [0.15, 0.2) is 24.3 Å². The second-order valence-corrected chi connectivity index (χ2v) is 8.96. The molecular formula is C21H23ClN4O2S2. The molecule has 6 nitrogen and oxygen atoms in total. The van der Waals surface area contributed by atoms with Gasteiger partial charge >= 0.3 is 5.97 Å². The minimum absolute atomic E-state index is 0.384. The van der Waals surface area contributed by atoms with Crippen molar-refractivity contribution in [2.45, 2.75) is 34.2 Å². The van der Waals surface area contributed by atoms with E-state index < -0.39 is 0 Å². The highest BCUT2D eigenvalue weighted by Crippen LogP contribution is 2.33. The van der Waals surface area contributed by atoms with Gasteiger partial charge in [-0.15, -0.1) is 11.3 Å². The lowest BCUT2D eigenvalue weighted by Crippen LogP contribution is -2.21. The summed E-state index contributed by atoms with van der Waals surface area (Å²) in [6.45, 7) is 8.40. The van der Waals surface area contributed by atoms with Crippen molar-refractivity contribution in [1.29, 1.82) is 0 Å². The van der Waals surface area contributed by atoms with Gasteiger partial charge in [-0.2, -0.15) is 5.10 Å². The number of nitrogens with zero attached hydrogens (tertiary/aromatic N) is 2. The van der Waals surface area contributed by atoms with Gasteiger partial charge in [0.2, 0.25) is 0 Å². The number of carbonyl (C=O) groups excluding carboxylic acids is 1. The number of anilines is 2. The summed E-state index contributed by atoms with van der Waals surface area (Å²) in [5.74, 6) is -0.384. The number of esters is 1. The van der Waals surface area contributed by atoms with Gasteiger partial charge in [-0.05, 0) is 63.2 Å². The largest absolute Gasteiger partial charge is 0.465 e. The van der Waals surface area contributed by atoms with E-state index >= 15 is 0 Å². The maximum absolute atomic E-state index is 12.2. The third-order valence-corrected chi connectivity index (χ3v) is 6.45. The minimum atomic E-state index is -0.384. The van der Waals surface area contributed by atoms with E-state index in [1.54, 1.807) is 0 Å². The standard InChI is InChI=1S/C21H23ClN4O2S2/c1-11-14(4)30-19(17(11)20(27)28-5)24-21(29)23-18-12(2)25-26(13(18)3)10-15-6-8-16(22)9-7-15/h6-9H,10H2,1-5H3,(H2,23,24,29). The van der Waals surface area contributed by atoms with E-state index in [-0.39, 0.29) is 5.97 Å². The Morgan fingerprint density at radius 2 is 1.87 bits per heavy atom. The maximum Gasteiger partial charge on any atom is 0.341 e. The molecule has 1 aromatic carbocycles. The van der Waals surface area contributed by atoms with Crippen molar-refractivity contribution in [2.24, 2.45) is 0 Å².